The zero-order chi connectivity index (χ0) is 24.3. The normalized spacial score (nSPS) is 16.8. The summed E-state index contributed by atoms with van der Waals surface area (Å²) in [7, 11) is 0. The van der Waals surface area contributed by atoms with E-state index >= 15 is 0 Å². The number of halogens is 1. The van der Waals surface area contributed by atoms with E-state index in [0.717, 1.165) is 36.1 Å². The van der Waals surface area contributed by atoms with Crippen LogP contribution in [0.3, 0.4) is 0 Å². The molecule has 4 rings (SSSR count). The fourth-order valence-electron chi connectivity index (χ4n) is 4.48. The van der Waals surface area contributed by atoms with Crippen molar-refractivity contribution in [3.05, 3.63) is 95.1 Å². The van der Waals surface area contributed by atoms with Crippen LogP contribution >= 0.6 is 0 Å². The summed E-state index contributed by atoms with van der Waals surface area (Å²) in [5, 5.41) is 6.72. The molecule has 2 atom stereocenters. The Hall–Kier alpha value is -3.31. The van der Waals surface area contributed by atoms with E-state index in [1.807, 2.05) is 42.5 Å². The molecule has 1 heterocycles. The summed E-state index contributed by atoms with van der Waals surface area (Å²) in [4.78, 5) is 24.8. The molecule has 176 valence electrons. The van der Waals surface area contributed by atoms with Crippen molar-refractivity contribution in [1.82, 2.24) is 10.6 Å². The van der Waals surface area contributed by atoms with E-state index in [0.29, 0.717) is 16.7 Å². The lowest BCUT2D eigenvalue weighted by molar-refractivity contribution is 0.0927. The molecular formula is C29H31FN2O2. The number of carbonyl (C=O) groups excluding carboxylic acids is 2. The molecule has 5 heteroatoms. The van der Waals surface area contributed by atoms with Crippen molar-refractivity contribution in [2.24, 2.45) is 0 Å². The number of nitrogens with one attached hydrogen (secondary N) is 2. The van der Waals surface area contributed by atoms with Gasteiger partial charge in [-0.3, -0.25) is 9.59 Å². The van der Waals surface area contributed by atoms with Crippen molar-refractivity contribution in [2.45, 2.75) is 51.4 Å². The number of Topliss-reactive ketones (excluding diaryl/α,β-unsaturated/α-hetero) is 1. The Balaban J connectivity index is 1.63. The predicted octanol–water partition coefficient (Wildman–Crippen LogP) is 5.98. The Kier molecular flexibility index (Phi) is 6.94. The summed E-state index contributed by atoms with van der Waals surface area (Å²) in [6.45, 7) is 5.45. The minimum atomic E-state index is -1.52. The largest absolute Gasteiger partial charge is 0.344 e. The Morgan fingerprint density at radius 1 is 0.971 bits per heavy atom. The van der Waals surface area contributed by atoms with Crippen molar-refractivity contribution in [2.75, 3.05) is 6.54 Å². The molecule has 0 bridgehead atoms. The maximum absolute atomic E-state index is 14.5. The fraction of sp³-hybridized carbons (Fsp3) is 0.310. The first kappa shape index (κ1) is 23.8. The van der Waals surface area contributed by atoms with Crippen LogP contribution in [0.4, 0.5) is 4.39 Å². The van der Waals surface area contributed by atoms with E-state index in [1.54, 1.807) is 31.2 Å². The summed E-state index contributed by atoms with van der Waals surface area (Å²) in [6.07, 6.45) is 2.01. The van der Waals surface area contributed by atoms with Crippen molar-refractivity contribution in [1.29, 1.82) is 0 Å². The van der Waals surface area contributed by atoms with Gasteiger partial charge in [0.1, 0.15) is 5.67 Å². The van der Waals surface area contributed by atoms with Crippen LogP contribution in [-0.2, 0) is 5.67 Å². The summed E-state index contributed by atoms with van der Waals surface area (Å²) >= 11 is 0. The van der Waals surface area contributed by atoms with Gasteiger partial charge in [-0.2, -0.15) is 0 Å². The molecule has 4 nitrogen and oxygen atoms in total. The first-order valence-electron chi connectivity index (χ1n) is 11.8. The van der Waals surface area contributed by atoms with Crippen LogP contribution in [0.25, 0.3) is 11.1 Å². The Bertz CT molecular complexity index is 1180. The van der Waals surface area contributed by atoms with Gasteiger partial charge in [-0.25, -0.2) is 4.39 Å². The standard InChI is InChI=1S/C29H31FN2O2/c1-19(33)20-12-14-21(15-13-20)22-7-4-8-23(17-22)27(26-11-6-16-31-26)32-28(34)24-9-5-10-25(18-24)29(2,3)30/h4-5,7-10,12-15,17-18,26-27,31H,6,11,16H2,1-3H3,(H,32,34). The first-order valence-corrected chi connectivity index (χ1v) is 11.8. The van der Waals surface area contributed by atoms with E-state index in [2.05, 4.69) is 16.7 Å². The molecule has 3 aromatic rings. The lowest BCUT2D eigenvalue weighted by Gasteiger charge is -2.26. The third-order valence-electron chi connectivity index (χ3n) is 6.47. The van der Waals surface area contributed by atoms with Gasteiger partial charge in [-0.05, 0) is 80.6 Å². The van der Waals surface area contributed by atoms with E-state index in [-0.39, 0.29) is 23.8 Å². The van der Waals surface area contributed by atoms with Gasteiger partial charge in [-0.15, -0.1) is 0 Å². The second-order valence-corrected chi connectivity index (χ2v) is 9.47. The number of alkyl halides is 1. The lowest BCUT2D eigenvalue weighted by Crippen LogP contribution is -2.41. The van der Waals surface area contributed by atoms with Crippen molar-refractivity contribution >= 4 is 11.7 Å². The van der Waals surface area contributed by atoms with E-state index in [9.17, 15) is 14.0 Å². The molecule has 1 saturated heterocycles. The van der Waals surface area contributed by atoms with Gasteiger partial charge in [0.2, 0.25) is 0 Å². The summed E-state index contributed by atoms with van der Waals surface area (Å²) in [5.41, 5.74) is 3.12. The van der Waals surface area contributed by atoms with E-state index < -0.39 is 5.67 Å². The number of ketones is 1. The van der Waals surface area contributed by atoms with E-state index in [4.69, 9.17) is 0 Å². The second kappa shape index (κ2) is 9.90. The average molecular weight is 459 g/mol. The lowest BCUT2D eigenvalue weighted by atomic mass is 9.93. The van der Waals surface area contributed by atoms with Crippen LogP contribution in [-0.4, -0.2) is 24.3 Å². The minimum Gasteiger partial charge on any atom is -0.344 e. The first-order chi connectivity index (χ1) is 16.2. The number of amides is 1. The molecule has 2 unspecified atom stereocenters. The maximum atomic E-state index is 14.5. The molecule has 0 radical (unpaired) electrons. The molecule has 3 aromatic carbocycles. The van der Waals surface area contributed by atoms with Crippen LogP contribution in [0.2, 0.25) is 0 Å². The average Bonchev–Trinajstić information content (AvgIpc) is 3.37. The van der Waals surface area contributed by atoms with Crippen LogP contribution in [0.15, 0.2) is 72.8 Å². The Labute approximate surface area is 200 Å². The molecular weight excluding hydrogens is 427 g/mol. The monoisotopic (exact) mass is 458 g/mol. The van der Waals surface area contributed by atoms with Crippen LogP contribution in [0.1, 0.15) is 71.5 Å². The zero-order valence-electron chi connectivity index (χ0n) is 19.9. The third kappa shape index (κ3) is 5.42. The second-order valence-electron chi connectivity index (χ2n) is 9.47. The Morgan fingerprint density at radius 2 is 1.71 bits per heavy atom. The number of rotatable bonds is 7. The molecule has 2 N–H and O–H groups in total. The summed E-state index contributed by atoms with van der Waals surface area (Å²) in [5.74, 6) is -0.184. The SMILES string of the molecule is CC(=O)c1ccc(-c2cccc(C(NC(=O)c3cccc(C(C)(C)F)c3)C3CCCN3)c2)cc1. The van der Waals surface area contributed by atoms with Crippen LogP contribution in [0.5, 0.6) is 0 Å². The van der Waals surface area contributed by atoms with Gasteiger partial charge in [0.05, 0.1) is 6.04 Å². The van der Waals surface area contributed by atoms with Gasteiger partial charge in [-0.1, -0.05) is 54.6 Å². The molecule has 1 aliphatic heterocycles. The van der Waals surface area contributed by atoms with Crippen molar-refractivity contribution < 1.29 is 14.0 Å². The molecule has 1 aliphatic rings. The molecule has 1 amide bonds. The minimum absolute atomic E-state index is 0.0376. The zero-order valence-corrected chi connectivity index (χ0v) is 19.9. The summed E-state index contributed by atoms with van der Waals surface area (Å²) in [6, 6.07) is 22.4. The molecule has 0 spiro atoms. The number of carbonyl (C=O) groups is 2. The molecule has 0 aliphatic carbocycles. The fourth-order valence-corrected chi connectivity index (χ4v) is 4.48. The van der Waals surface area contributed by atoms with Gasteiger partial charge >= 0.3 is 0 Å². The third-order valence-corrected chi connectivity index (χ3v) is 6.47. The van der Waals surface area contributed by atoms with Gasteiger partial charge in [0, 0.05) is 17.2 Å². The van der Waals surface area contributed by atoms with Crippen molar-refractivity contribution in [3.8, 4) is 11.1 Å². The number of hydrogen-bond donors (Lipinski definition) is 2. The highest BCUT2D eigenvalue weighted by Gasteiger charge is 2.28. The van der Waals surface area contributed by atoms with E-state index in [1.165, 1.54) is 13.8 Å². The van der Waals surface area contributed by atoms with Gasteiger partial charge < -0.3 is 10.6 Å². The number of hydrogen-bond acceptors (Lipinski definition) is 3. The Morgan fingerprint density at radius 3 is 2.35 bits per heavy atom. The van der Waals surface area contributed by atoms with Crippen LogP contribution in [0, 0.1) is 0 Å². The topological polar surface area (TPSA) is 58.2 Å². The highest BCUT2D eigenvalue weighted by atomic mass is 19.1. The molecule has 0 aromatic heterocycles. The molecule has 1 fully saturated rings. The molecule has 34 heavy (non-hydrogen) atoms. The quantitative estimate of drug-likeness (QED) is 0.428. The molecule has 0 saturated carbocycles. The smallest absolute Gasteiger partial charge is 0.251 e. The maximum Gasteiger partial charge on any atom is 0.251 e. The highest BCUT2D eigenvalue weighted by molar-refractivity contribution is 5.95. The highest BCUT2D eigenvalue weighted by Crippen LogP contribution is 2.29. The number of benzene rings is 3. The van der Waals surface area contributed by atoms with Gasteiger partial charge in [0.25, 0.3) is 5.91 Å². The summed E-state index contributed by atoms with van der Waals surface area (Å²) < 4.78 is 14.5. The van der Waals surface area contributed by atoms with Crippen LogP contribution < -0.4 is 10.6 Å². The van der Waals surface area contributed by atoms with Gasteiger partial charge in [0.15, 0.2) is 5.78 Å². The van der Waals surface area contributed by atoms with Crippen molar-refractivity contribution in [3.63, 3.8) is 0 Å². The predicted molar refractivity (Wildman–Crippen MR) is 134 cm³/mol.